The molecule has 0 spiro atoms. The average molecular weight is 261 g/mol. The van der Waals surface area contributed by atoms with E-state index in [1.54, 1.807) is 0 Å². The molecule has 1 aliphatic heterocycles. The summed E-state index contributed by atoms with van der Waals surface area (Å²) >= 11 is 0. The Balaban J connectivity index is 0.00000144. The minimum absolute atomic E-state index is 0. The van der Waals surface area contributed by atoms with Gasteiger partial charge in [-0.25, -0.2) is 4.39 Å². The van der Waals surface area contributed by atoms with Crippen LogP contribution in [0.3, 0.4) is 0 Å². The van der Waals surface area contributed by atoms with Crippen molar-refractivity contribution < 1.29 is 18.8 Å². The molecule has 0 aromatic heterocycles. The largest absolute Gasteiger partial charge is 0.495 e. The van der Waals surface area contributed by atoms with Crippen molar-refractivity contribution in [1.82, 2.24) is 0 Å². The highest BCUT2D eigenvalue weighted by Gasteiger charge is 2.39. The predicted octanol–water partition coefficient (Wildman–Crippen LogP) is 0.364. The quantitative estimate of drug-likeness (QED) is 0.771. The van der Waals surface area contributed by atoms with Crippen LogP contribution >= 0.6 is 12.4 Å². The van der Waals surface area contributed by atoms with Crippen LogP contribution in [0.2, 0.25) is 0 Å². The third kappa shape index (κ3) is 2.40. The minimum Gasteiger partial charge on any atom is -0.494 e. The van der Waals surface area contributed by atoms with Gasteiger partial charge in [-0.05, 0) is 19.1 Å². The van der Waals surface area contributed by atoms with Gasteiger partial charge in [-0.2, -0.15) is 0 Å². The van der Waals surface area contributed by atoms with Gasteiger partial charge in [0.05, 0.1) is 12.7 Å². The lowest BCUT2D eigenvalue weighted by Gasteiger charge is -2.11. The van der Waals surface area contributed by atoms with Crippen LogP contribution in [0.15, 0.2) is 12.1 Å². The van der Waals surface area contributed by atoms with Crippen LogP contribution in [-0.2, 0) is 4.65 Å². The van der Waals surface area contributed by atoms with E-state index in [2.05, 4.69) is 0 Å². The number of ether oxygens (including phenoxy) is 1. The number of nitrogens with two attached hydrogens (primary N) is 1. The summed E-state index contributed by atoms with van der Waals surface area (Å²) in [7, 11) is -1.17. The van der Waals surface area contributed by atoms with Crippen molar-refractivity contribution in [3.05, 3.63) is 23.5 Å². The van der Waals surface area contributed by atoms with E-state index >= 15 is 0 Å². The summed E-state index contributed by atoms with van der Waals surface area (Å²) in [6.07, 6.45) is -0.606. The summed E-state index contributed by atoms with van der Waals surface area (Å²) < 4.78 is 24.1. The second-order valence-electron chi connectivity index (χ2n) is 3.52. The van der Waals surface area contributed by atoms with Gasteiger partial charge < -0.3 is 20.1 Å². The molecule has 1 atom stereocenters. The molecule has 2 rings (SSSR count). The Bertz CT molecular complexity index is 407. The number of fused-ring (bicyclic) bond motifs is 1. The normalized spacial score (nSPS) is 17.6. The average Bonchev–Trinajstić information content (AvgIpc) is 2.61. The number of rotatable bonds is 3. The number of hydrogen-bond donors (Lipinski definition) is 2. The molecule has 0 saturated heterocycles. The SMILES string of the molecule is CCOc1ccc(F)c2c1B(O)OC2CN.Cl. The molecule has 3 N–H and O–H groups in total. The maximum atomic E-state index is 13.6. The van der Waals surface area contributed by atoms with Crippen LogP contribution in [0.1, 0.15) is 18.6 Å². The molecule has 1 aromatic carbocycles. The molecule has 1 aliphatic rings. The Hall–Kier alpha value is -0.815. The van der Waals surface area contributed by atoms with Gasteiger partial charge in [0.2, 0.25) is 0 Å². The Kier molecular flexibility index (Phi) is 4.76. The third-order valence-electron chi connectivity index (χ3n) is 2.57. The Labute approximate surface area is 105 Å². The molecule has 0 aliphatic carbocycles. The minimum atomic E-state index is -1.17. The molecule has 0 bridgehead atoms. The van der Waals surface area contributed by atoms with Gasteiger partial charge >= 0.3 is 7.12 Å². The topological polar surface area (TPSA) is 64.7 Å². The molecule has 0 radical (unpaired) electrons. The van der Waals surface area contributed by atoms with Crippen molar-refractivity contribution in [3.8, 4) is 5.75 Å². The van der Waals surface area contributed by atoms with E-state index in [1.165, 1.54) is 12.1 Å². The molecule has 7 heteroatoms. The van der Waals surface area contributed by atoms with Gasteiger partial charge in [-0.1, -0.05) is 0 Å². The standard InChI is InChI=1S/C10H13BFNO3.ClH/c1-2-15-7-4-3-6(12)9-8(5-13)16-11(14)10(7)9;/h3-4,8,14H,2,5,13H2,1H3;1H. The van der Waals surface area contributed by atoms with Gasteiger partial charge in [-0.15, -0.1) is 12.4 Å². The lowest BCUT2D eigenvalue weighted by molar-refractivity contribution is 0.194. The summed E-state index contributed by atoms with van der Waals surface area (Å²) in [5, 5.41) is 9.69. The zero-order chi connectivity index (χ0) is 11.7. The van der Waals surface area contributed by atoms with Crippen LogP contribution in [0, 0.1) is 5.82 Å². The van der Waals surface area contributed by atoms with Crippen molar-refractivity contribution in [2.75, 3.05) is 13.2 Å². The Morgan fingerprint density at radius 1 is 1.59 bits per heavy atom. The van der Waals surface area contributed by atoms with Gasteiger partial charge in [0.25, 0.3) is 0 Å². The van der Waals surface area contributed by atoms with Crippen molar-refractivity contribution in [2.24, 2.45) is 5.73 Å². The first kappa shape index (κ1) is 14.2. The van der Waals surface area contributed by atoms with E-state index in [-0.39, 0.29) is 19.0 Å². The van der Waals surface area contributed by atoms with E-state index in [1.807, 2.05) is 6.92 Å². The van der Waals surface area contributed by atoms with Crippen molar-refractivity contribution >= 4 is 25.0 Å². The lowest BCUT2D eigenvalue weighted by Crippen LogP contribution is -2.30. The number of benzene rings is 1. The lowest BCUT2D eigenvalue weighted by atomic mass is 9.78. The van der Waals surface area contributed by atoms with Gasteiger partial charge in [-0.3, -0.25) is 0 Å². The van der Waals surface area contributed by atoms with E-state index in [0.717, 1.165) is 0 Å². The molecular formula is C10H14BClFNO3. The first-order valence-electron chi connectivity index (χ1n) is 5.17. The molecule has 4 nitrogen and oxygen atoms in total. The maximum Gasteiger partial charge on any atom is 0.495 e. The van der Waals surface area contributed by atoms with Crippen LogP contribution in [0.4, 0.5) is 4.39 Å². The monoisotopic (exact) mass is 261 g/mol. The first-order chi connectivity index (χ1) is 7.69. The Morgan fingerprint density at radius 3 is 2.88 bits per heavy atom. The highest BCUT2D eigenvalue weighted by Crippen LogP contribution is 2.29. The first-order valence-corrected chi connectivity index (χ1v) is 5.17. The van der Waals surface area contributed by atoms with Crippen LogP contribution in [-0.4, -0.2) is 25.3 Å². The van der Waals surface area contributed by atoms with Gasteiger partial charge in [0, 0.05) is 17.6 Å². The predicted molar refractivity (Wildman–Crippen MR) is 65.3 cm³/mol. The molecular weight excluding hydrogens is 247 g/mol. The third-order valence-corrected chi connectivity index (χ3v) is 2.57. The van der Waals surface area contributed by atoms with Gasteiger partial charge in [0.15, 0.2) is 0 Å². The van der Waals surface area contributed by atoms with Crippen molar-refractivity contribution in [1.29, 1.82) is 0 Å². The fourth-order valence-electron chi connectivity index (χ4n) is 1.92. The molecule has 0 saturated carbocycles. The molecule has 94 valence electrons. The summed E-state index contributed by atoms with van der Waals surface area (Å²) in [6.45, 7) is 2.38. The van der Waals surface area contributed by atoms with Crippen LogP contribution < -0.4 is 15.9 Å². The highest BCUT2D eigenvalue weighted by molar-refractivity contribution is 6.62. The molecule has 0 fully saturated rings. The van der Waals surface area contributed by atoms with E-state index in [4.69, 9.17) is 15.1 Å². The van der Waals surface area contributed by atoms with Crippen LogP contribution in [0.5, 0.6) is 5.75 Å². The summed E-state index contributed by atoms with van der Waals surface area (Å²) in [6, 6.07) is 2.79. The fraction of sp³-hybridized carbons (Fsp3) is 0.400. The van der Waals surface area contributed by atoms with E-state index < -0.39 is 19.0 Å². The van der Waals surface area contributed by atoms with Crippen molar-refractivity contribution in [2.45, 2.75) is 13.0 Å². The molecule has 1 heterocycles. The fourth-order valence-corrected chi connectivity index (χ4v) is 1.92. The zero-order valence-corrected chi connectivity index (χ0v) is 10.2. The second-order valence-corrected chi connectivity index (χ2v) is 3.52. The van der Waals surface area contributed by atoms with E-state index in [0.29, 0.717) is 23.4 Å². The summed E-state index contributed by atoms with van der Waals surface area (Å²) in [4.78, 5) is 0. The number of halogens is 2. The maximum absolute atomic E-state index is 13.6. The summed E-state index contributed by atoms with van der Waals surface area (Å²) in [5.74, 6) is 0.0211. The molecule has 17 heavy (non-hydrogen) atoms. The molecule has 0 amide bonds. The second kappa shape index (κ2) is 5.68. The number of hydrogen-bond acceptors (Lipinski definition) is 4. The van der Waals surface area contributed by atoms with Gasteiger partial charge in [0.1, 0.15) is 11.6 Å². The summed E-state index contributed by atoms with van der Waals surface area (Å²) in [5.41, 5.74) is 6.13. The molecule has 1 unspecified atom stereocenters. The zero-order valence-electron chi connectivity index (χ0n) is 9.35. The Morgan fingerprint density at radius 2 is 2.29 bits per heavy atom. The smallest absolute Gasteiger partial charge is 0.494 e. The molecule has 1 aromatic rings. The highest BCUT2D eigenvalue weighted by atomic mass is 35.5. The van der Waals surface area contributed by atoms with Crippen molar-refractivity contribution in [3.63, 3.8) is 0 Å². The van der Waals surface area contributed by atoms with Crippen LogP contribution in [0.25, 0.3) is 0 Å². The van der Waals surface area contributed by atoms with E-state index in [9.17, 15) is 9.41 Å².